The Morgan fingerprint density at radius 3 is 2.40 bits per heavy atom. The first-order valence-electron chi connectivity index (χ1n) is 8.28. The van der Waals surface area contributed by atoms with Crippen molar-refractivity contribution in [2.75, 3.05) is 38.1 Å². The number of nitrogens with zero attached hydrogens (tertiary/aromatic N) is 2. The van der Waals surface area contributed by atoms with Crippen molar-refractivity contribution < 1.29 is 22.7 Å². The summed E-state index contributed by atoms with van der Waals surface area (Å²) < 4.78 is 31.2. The van der Waals surface area contributed by atoms with Gasteiger partial charge < -0.3 is 15.0 Å². The highest BCUT2D eigenvalue weighted by molar-refractivity contribution is 7.89. The Bertz CT molecular complexity index is 742. The van der Waals surface area contributed by atoms with Gasteiger partial charge in [0, 0.05) is 31.7 Å². The highest BCUT2D eigenvalue weighted by Gasteiger charge is 2.27. The molecule has 2 heterocycles. The number of rotatable bonds is 6. The first-order valence-corrected chi connectivity index (χ1v) is 9.72. The molecule has 2 aliphatic heterocycles. The number of ether oxygens (including phenoxy) is 1. The van der Waals surface area contributed by atoms with Gasteiger partial charge >= 0.3 is 6.09 Å². The highest BCUT2D eigenvalue weighted by atomic mass is 32.2. The van der Waals surface area contributed by atoms with Crippen molar-refractivity contribution >= 4 is 27.7 Å². The number of carbonyl (C=O) groups is 2. The lowest BCUT2D eigenvalue weighted by Crippen LogP contribution is -2.28. The van der Waals surface area contributed by atoms with E-state index in [1.54, 1.807) is 12.1 Å². The Morgan fingerprint density at radius 2 is 1.80 bits per heavy atom. The number of nitrogens with one attached hydrogen (secondary N) is 1. The topological polar surface area (TPSA) is 96.0 Å². The number of sulfonamides is 1. The van der Waals surface area contributed by atoms with E-state index < -0.39 is 16.1 Å². The third-order valence-corrected chi connectivity index (χ3v) is 6.21. The number of hydrogen-bond donors (Lipinski definition) is 1. The number of anilines is 1. The van der Waals surface area contributed by atoms with Crippen LogP contribution in [0.15, 0.2) is 29.2 Å². The average molecular weight is 367 g/mol. The van der Waals surface area contributed by atoms with Crippen LogP contribution in [0, 0.1) is 0 Å². The molecule has 25 heavy (non-hydrogen) atoms. The third-order valence-electron chi connectivity index (χ3n) is 4.29. The van der Waals surface area contributed by atoms with Crippen molar-refractivity contribution in [3.8, 4) is 0 Å². The van der Waals surface area contributed by atoms with Gasteiger partial charge in [-0.25, -0.2) is 13.2 Å². The first-order chi connectivity index (χ1) is 12.0. The highest BCUT2D eigenvalue weighted by Crippen LogP contribution is 2.22. The molecule has 1 aromatic carbocycles. The molecule has 0 unspecified atom stereocenters. The van der Waals surface area contributed by atoms with E-state index in [9.17, 15) is 18.0 Å². The molecule has 136 valence electrons. The molecular formula is C16H21N3O5S. The van der Waals surface area contributed by atoms with E-state index in [4.69, 9.17) is 4.74 Å². The molecule has 2 aliphatic rings. The minimum Gasteiger partial charge on any atom is -0.448 e. The average Bonchev–Trinajstić information content (AvgIpc) is 3.25. The van der Waals surface area contributed by atoms with Gasteiger partial charge in [0.15, 0.2) is 0 Å². The van der Waals surface area contributed by atoms with Crippen molar-refractivity contribution in [1.82, 2.24) is 9.21 Å². The van der Waals surface area contributed by atoms with Crippen LogP contribution < -0.4 is 5.32 Å². The molecule has 8 nitrogen and oxygen atoms in total. The Hall–Kier alpha value is -2.13. The second kappa shape index (κ2) is 7.40. The van der Waals surface area contributed by atoms with Gasteiger partial charge in [-0.3, -0.25) is 4.79 Å². The Kier molecular flexibility index (Phi) is 5.24. The van der Waals surface area contributed by atoms with Crippen molar-refractivity contribution in [2.45, 2.75) is 24.2 Å². The summed E-state index contributed by atoms with van der Waals surface area (Å²) in [5, 5.41) is 2.70. The Morgan fingerprint density at radius 1 is 1.12 bits per heavy atom. The quantitative estimate of drug-likeness (QED) is 0.816. The predicted molar refractivity (Wildman–Crippen MR) is 90.6 cm³/mol. The molecule has 0 saturated carbocycles. The standard InChI is InChI=1S/C16H21N3O5S/c20-15(7-10-18-11-12-24-16(18)21)17-13-3-5-14(6-4-13)25(22,23)19-8-1-2-9-19/h3-6H,1-2,7-12H2,(H,17,20). The van der Waals surface area contributed by atoms with Crippen LogP contribution >= 0.6 is 0 Å². The van der Waals surface area contributed by atoms with Gasteiger partial charge in [0.05, 0.1) is 11.4 Å². The zero-order chi connectivity index (χ0) is 17.9. The minimum absolute atomic E-state index is 0.156. The molecule has 0 radical (unpaired) electrons. The van der Waals surface area contributed by atoms with Crippen LogP contribution in [0.2, 0.25) is 0 Å². The van der Waals surface area contributed by atoms with Gasteiger partial charge in [-0.1, -0.05) is 0 Å². The second-order valence-corrected chi connectivity index (χ2v) is 7.97. The van der Waals surface area contributed by atoms with Crippen molar-refractivity contribution in [2.24, 2.45) is 0 Å². The minimum atomic E-state index is -3.45. The summed E-state index contributed by atoms with van der Waals surface area (Å²) in [7, 11) is -3.45. The van der Waals surface area contributed by atoms with Gasteiger partial charge in [0.25, 0.3) is 0 Å². The van der Waals surface area contributed by atoms with Gasteiger partial charge in [-0.2, -0.15) is 4.31 Å². The van der Waals surface area contributed by atoms with Gasteiger partial charge in [-0.05, 0) is 37.1 Å². The summed E-state index contributed by atoms with van der Waals surface area (Å²) in [5.41, 5.74) is 0.523. The molecule has 2 amide bonds. The molecule has 2 fully saturated rings. The van der Waals surface area contributed by atoms with E-state index in [1.165, 1.54) is 21.3 Å². The summed E-state index contributed by atoms with van der Waals surface area (Å²) in [6, 6.07) is 6.15. The number of benzene rings is 1. The molecule has 0 atom stereocenters. The monoisotopic (exact) mass is 367 g/mol. The first kappa shape index (κ1) is 17.7. The van der Waals surface area contributed by atoms with E-state index in [0.29, 0.717) is 38.5 Å². The van der Waals surface area contributed by atoms with Crippen molar-refractivity contribution in [1.29, 1.82) is 0 Å². The van der Waals surface area contributed by atoms with Gasteiger partial charge in [-0.15, -0.1) is 0 Å². The van der Waals surface area contributed by atoms with Crippen LogP contribution in [0.1, 0.15) is 19.3 Å². The van der Waals surface area contributed by atoms with Crippen molar-refractivity contribution in [3.05, 3.63) is 24.3 Å². The molecule has 0 spiro atoms. The Balaban J connectivity index is 1.55. The normalized spacial score (nSPS) is 18.4. The van der Waals surface area contributed by atoms with Crippen LogP contribution in [0.5, 0.6) is 0 Å². The smallest absolute Gasteiger partial charge is 0.409 e. The molecule has 0 aromatic heterocycles. The number of carbonyl (C=O) groups excluding carboxylic acids is 2. The number of cyclic esters (lactones) is 1. The Labute approximate surface area is 146 Å². The fourth-order valence-corrected chi connectivity index (χ4v) is 4.39. The summed E-state index contributed by atoms with van der Waals surface area (Å²) in [4.78, 5) is 25.0. The summed E-state index contributed by atoms with van der Waals surface area (Å²) in [6.45, 7) is 2.26. The third kappa shape index (κ3) is 4.10. The van der Waals surface area contributed by atoms with Gasteiger partial charge in [0.2, 0.25) is 15.9 Å². The van der Waals surface area contributed by atoms with E-state index in [1.807, 2.05) is 0 Å². The predicted octanol–water partition coefficient (Wildman–Crippen LogP) is 1.25. The lowest BCUT2D eigenvalue weighted by Gasteiger charge is -2.16. The molecular weight excluding hydrogens is 346 g/mol. The summed E-state index contributed by atoms with van der Waals surface area (Å²) >= 11 is 0. The molecule has 1 aromatic rings. The molecule has 2 saturated heterocycles. The van der Waals surface area contributed by atoms with Crippen LogP contribution in [-0.2, 0) is 19.6 Å². The fraction of sp³-hybridized carbons (Fsp3) is 0.500. The SMILES string of the molecule is O=C(CCN1CCOC1=O)Nc1ccc(S(=O)(=O)N2CCCC2)cc1. The molecule has 1 N–H and O–H groups in total. The van der Waals surface area contributed by atoms with Gasteiger partial charge in [0.1, 0.15) is 6.61 Å². The maximum Gasteiger partial charge on any atom is 0.409 e. The molecule has 9 heteroatoms. The van der Waals surface area contributed by atoms with E-state index in [-0.39, 0.29) is 17.2 Å². The van der Waals surface area contributed by atoms with Crippen LogP contribution in [-0.4, -0.2) is 62.4 Å². The molecule has 0 aliphatic carbocycles. The lowest BCUT2D eigenvalue weighted by atomic mass is 10.3. The largest absolute Gasteiger partial charge is 0.448 e. The zero-order valence-corrected chi connectivity index (χ0v) is 14.6. The summed E-state index contributed by atoms with van der Waals surface area (Å²) in [6.07, 6.45) is 1.53. The molecule has 3 rings (SSSR count). The van der Waals surface area contributed by atoms with E-state index >= 15 is 0 Å². The molecule has 0 bridgehead atoms. The zero-order valence-electron chi connectivity index (χ0n) is 13.8. The second-order valence-electron chi connectivity index (χ2n) is 6.04. The maximum atomic E-state index is 12.4. The number of hydrogen-bond acceptors (Lipinski definition) is 5. The lowest BCUT2D eigenvalue weighted by molar-refractivity contribution is -0.116. The van der Waals surface area contributed by atoms with E-state index in [0.717, 1.165) is 12.8 Å². The fourth-order valence-electron chi connectivity index (χ4n) is 2.88. The van der Waals surface area contributed by atoms with Crippen molar-refractivity contribution in [3.63, 3.8) is 0 Å². The van der Waals surface area contributed by atoms with Crippen LogP contribution in [0.25, 0.3) is 0 Å². The van der Waals surface area contributed by atoms with Crippen LogP contribution in [0.3, 0.4) is 0 Å². The number of amides is 2. The maximum absolute atomic E-state index is 12.4. The van der Waals surface area contributed by atoms with Crippen LogP contribution in [0.4, 0.5) is 10.5 Å². The summed E-state index contributed by atoms with van der Waals surface area (Å²) in [5.74, 6) is -0.241. The van der Waals surface area contributed by atoms with E-state index in [2.05, 4.69) is 5.32 Å².